The molecule has 6 heteroatoms. The van der Waals surface area contributed by atoms with Gasteiger partial charge in [-0.25, -0.2) is 8.42 Å². The van der Waals surface area contributed by atoms with Crippen molar-refractivity contribution in [2.24, 2.45) is 5.73 Å². The highest BCUT2D eigenvalue weighted by Crippen LogP contribution is 2.21. The second kappa shape index (κ2) is 5.63. The van der Waals surface area contributed by atoms with E-state index in [1.807, 2.05) is 0 Å². The number of hydrogen-bond acceptors (Lipinski definition) is 4. The van der Waals surface area contributed by atoms with Crippen LogP contribution in [0.15, 0.2) is 0 Å². The molecule has 0 aromatic carbocycles. The highest BCUT2D eigenvalue weighted by Gasteiger charge is 2.29. The summed E-state index contributed by atoms with van der Waals surface area (Å²) in [5.74, 6) is -0.631. The van der Waals surface area contributed by atoms with Crippen molar-refractivity contribution >= 4 is 15.7 Å². The van der Waals surface area contributed by atoms with Crippen LogP contribution < -0.4 is 5.73 Å². The zero-order chi connectivity index (χ0) is 12.2. The fourth-order valence-corrected chi connectivity index (χ4v) is 2.74. The highest BCUT2D eigenvalue weighted by molar-refractivity contribution is 7.91. The number of rotatable bonds is 5. The zero-order valence-electron chi connectivity index (χ0n) is 9.68. The summed E-state index contributed by atoms with van der Waals surface area (Å²) in [7, 11) is -3.22. The molecule has 16 heavy (non-hydrogen) atoms. The molecule has 0 radical (unpaired) electrons. The van der Waals surface area contributed by atoms with Crippen molar-refractivity contribution in [2.45, 2.75) is 31.7 Å². The molecule has 94 valence electrons. The normalized spacial score (nSPS) is 21.4. The predicted octanol–water partition coefficient (Wildman–Crippen LogP) is -0.239. The number of nitrogens with two attached hydrogens (primary N) is 1. The molecular formula is C10H20N2O3S. The van der Waals surface area contributed by atoms with Crippen LogP contribution in [0.5, 0.6) is 0 Å². The number of likely N-dealkylation sites (tertiary alicyclic amines) is 1. The van der Waals surface area contributed by atoms with Gasteiger partial charge in [0.25, 0.3) is 0 Å². The molecule has 1 aliphatic rings. The van der Waals surface area contributed by atoms with Crippen molar-refractivity contribution in [1.29, 1.82) is 0 Å². The molecule has 1 fully saturated rings. The van der Waals surface area contributed by atoms with Gasteiger partial charge < -0.3 is 10.6 Å². The van der Waals surface area contributed by atoms with Crippen LogP contribution in [-0.2, 0) is 14.6 Å². The molecule has 5 nitrogen and oxygen atoms in total. The number of sulfone groups is 1. The number of carbonyl (C=O) groups is 1. The molecule has 0 spiro atoms. The SMILES string of the molecule is CS(=O)(=O)CC(=O)N1CCCC1CCCN. The first kappa shape index (κ1) is 13.4. The van der Waals surface area contributed by atoms with Gasteiger partial charge in [-0.1, -0.05) is 0 Å². The number of carbonyl (C=O) groups excluding carboxylic acids is 1. The smallest absolute Gasteiger partial charge is 0.238 e. The molecule has 1 atom stereocenters. The zero-order valence-corrected chi connectivity index (χ0v) is 10.5. The Kier molecular flexibility index (Phi) is 4.73. The Balaban J connectivity index is 2.54. The second-order valence-electron chi connectivity index (χ2n) is 4.38. The van der Waals surface area contributed by atoms with Gasteiger partial charge in [-0.3, -0.25) is 4.79 Å². The van der Waals surface area contributed by atoms with Gasteiger partial charge >= 0.3 is 0 Å². The van der Waals surface area contributed by atoms with E-state index in [0.29, 0.717) is 13.1 Å². The van der Waals surface area contributed by atoms with Gasteiger partial charge in [0.1, 0.15) is 5.75 Å². The lowest BCUT2D eigenvalue weighted by molar-refractivity contribution is -0.129. The topological polar surface area (TPSA) is 80.5 Å². The largest absolute Gasteiger partial charge is 0.339 e. The molecule has 0 bridgehead atoms. The fraction of sp³-hybridized carbons (Fsp3) is 0.900. The van der Waals surface area contributed by atoms with Gasteiger partial charge in [-0.15, -0.1) is 0 Å². The molecule has 2 N–H and O–H groups in total. The lowest BCUT2D eigenvalue weighted by Gasteiger charge is -2.24. The molecule has 1 heterocycles. The Hall–Kier alpha value is -0.620. The van der Waals surface area contributed by atoms with E-state index in [1.54, 1.807) is 4.90 Å². The second-order valence-corrected chi connectivity index (χ2v) is 6.52. The predicted molar refractivity (Wildman–Crippen MR) is 62.7 cm³/mol. The van der Waals surface area contributed by atoms with E-state index < -0.39 is 9.84 Å². The van der Waals surface area contributed by atoms with E-state index in [9.17, 15) is 13.2 Å². The van der Waals surface area contributed by atoms with Crippen molar-refractivity contribution in [3.63, 3.8) is 0 Å². The minimum Gasteiger partial charge on any atom is -0.339 e. The van der Waals surface area contributed by atoms with Crippen molar-refractivity contribution in [3.8, 4) is 0 Å². The third-order valence-corrected chi connectivity index (χ3v) is 3.60. The number of nitrogens with zero attached hydrogens (tertiary/aromatic N) is 1. The molecular weight excluding hydrogens is 228 g/mol. The number of hydrogen-bond donors (Lipinski definition) is 1. The molecule has 1 saturated heterocycles. The molecule has 0 aromatic heterocycles. The monoisotopic (exact) mass is 248 g/mol. The first-order valence-corrected chi connectivity index (χ1v) is 7.67. The van der Waals surface area contributed by atoms with E-state index in [2.05, 4.69) is 0 Å². The molecule has 1 amide bonds. The highest BCUT2D eigenvalue weighted by atomic mass is 32.2. The minimum atomic E-state index is -3.22. The van der Waals surface area contributed by atoms with Crippen molar-refractivity contribution in [1.82, 2.24) is 4.90 Å². The summed E-state index contributed by atoms with van der Waals surface area (Å²) in [6.45, 7) is 1.30. The Morgan fingerprint density at radius 2 is 2.19 bits per heavy atom. The van der Waals surface area contributed by atoms with Gasteiger partial charge in [-0.2, -0.15) is 0 Å². The van der Waals surface area contributed by atoms with Crippen LogP contribution in [0.2, 0.25) is 0 Å². The van der Waals surface area contributed by atoms with Gasteiger partial charge in [-0.05, 0) is 32.2 Å². The summed E-state index contributed by atoms with van der Waals surface area (Å²) in [6, 6.07) is 0.192. The van der Waals surface area contributed by atoms with E-state index in [0.717, 1.165) is 31.9 Å². The first-order chi connectivity index (χ1) is 7.44. The van der Waals surface area contributed by atoms with Crippen molar-refractivity contribution < 1.29 is 13.2 Å². The Labute approximate surface area is 96.9 Å². The third-order valence-electron chi connectivity index (χ3n) is 2.82. The lowest BCUT2D eigenvalue weighted by atomic mass is 10.1. The maximum Gasteiger partial charge on any atom is 0.238 e. The summed E-state index contributed by atoms with van der Waals surface area (Å²) < 4.78 is 22.1. The molecule has 0 aromatic rings. The first-order valence-electron chi connectivity index (χ1n) is 5.61. The quantitative estimate of drug-likeness (QED) is 0.728. The van der Waals surface area contributed by atoms with Crippen LogP contribution in [-0.4, -0.2) is 50.4 Å². The maximum atomic E-state index is 11.8. The Morgan fingerprint density at radius 3 is 2.75 bits per heavy atom. The van der Waals surface area contributed by atoms with E-state index in [4.69, 9.17) is 5.73 Å². The minimum absolute atomic E-state index is 0.192. The average Bonchev–Trinajstić information content (AvgIpc) is 2.59. The van der Waals surface area contributed by atoms with E-state index in [1.165, 1.54) is 0 Å². The standard InChI is InChI=1S/C10H20N2O3S/c1-16(14,15)8-10(13)12-7-3-5-9(12)4-2-6-11/h9H,2-8,11H2,1H3. The molecule has 1 rings (SSSR count). The van der Waals surface area contributed by atoms with Crippen LogP contribution in [0, 0.1) is 0 Å². The van der Waals surface area contributed by atoms with Gasteiger partial charge in [0.05, 0.1) is 0 Å². The maximum absolute atomic E-state index is 11.8. The molecule has 0 aliphatic carbocycles. The molecule has 1 aliphatic heterocycles. The van der Waals surface area contributed by atoms with Crippen LogP contribution in [0.1, 0.15) is 25.7 Å². The summed E-state index contributed by atoms with van der Waals surface area (Å²) in [6.07, 6.45) is 4.79. The molecule has 1 unspecified atom stereocenters. The van der Waals surface area contributed by atoms with Gasteiger partial charge in [0.2, 0.25) is 5.91 Å². The summed E-state index contributed by atoms with van der Waals surface area (Å²) in [4.78, 5) is 13.5. The number of amides is 1. The van der Waals surface area contributed by atoms with Crippen LogP contribution in [0.25, 0.3) is 0 Å². The summed E-state index contributed by atoms with van der Waals surface area (Å²) >= 11 is 0. The van der Waals surface area contributed by atoms with Gasteiger partial charge in [0, 0.05) is 18.8 Å². The average molecular weight is 248 g/mol. The lowest BCUT2D eigenvalue weighted by Crippen LogP contribution is -2.39. The van der Waals surface area contributed by atoms with Crippen LogP contribution >= 0.6 is 0 Å². The summed E-state index contributed by atoms with van der Waals surface area (Å²) in [5.41, 5.74) is 5.43. The van der Waals surface area contributed by atoms with Crippen LogP contribution in [0.4, 0.5) is 0 Å². The van der Waals surface area contributed by atoms with Crippen molar-refractivity contribution in [2.75, 3.05) is 25.1 Å². The Morgan fingerprint density at radius 1 is 1.50 bits per heavy atom. The van der Waals surface area contributed by atoms with E-state index in [-0.39, 0.29) is 17.7 Å². The van der Waals surface area contributed by atoms with Crippen molar-refractivity contribution in [3.05, 3.63) is 0 Å². The van der Waals surface area contributed by atoms with Gasteiger partial charge in [0.15, 0.2) is 9.84 Å². The van der Waals surface area contributed by atoms with E-state index >= 15 is 0 Å². The van der Waals surface area contributed by atoms with Crippen LogP contribution in [0.3, 0.4) is 0 Å². The Bertz CT molecular complexity index is 340. The fourth-order valence-electron chi connectivity index (χ4n) is 2.12. The molecule has 0 saturated carbocycles. The third kappa shape index (κ3) is 4.09. The summed E-state index contributed by atoms with van der Waals surface area (Å²) in [5, 5.41) is 0.